The van der Waals surface area contributed by atoms with Crippen LogP contribution >= 0.6 is 0 Å². The maximum atomic E-state index is 10.3. The first kappa shape index (κ1) is 25.4. The molecule has 0 spiro atoms. The summed E-state index contributed by atoms with van der Waals surface area (Å²) in [6.07, 6.45) is 8.95. The summed E-state index contributed by atoms with van der Waals surface area (Å²) in [4.78, 5) is 0. The summed E-state index contributed by atoms with van der Waals surface area (Å²) in [6, 6.07) is 7.84. The molecule has 1 aliphatic carbocycles. The smallest absolute Gasteiger partial charge is 0.236 e. The normalized spacial score (nSPS) is 19.2. The van der Waals surface area contributed by atoms with Crippen LogP contribution in [0.1, 0.15) is 57.6 Å². The standard InChI is InChI=1S/C28H35N3O3/c1-5-7-8-11-21-13-15-24(23-16-14-22(25(32)19-29)12-9-10-20(23)3)26(17-21)34-28-18-27(33-6-2)30-31(28)4/h12-18,25,32H,5-7,9-10,19,29H2,1-4H3/b16-14-,22-12-,23-20-. The van der Waals surface area contributed by atoms with Gasteiger partial charge < -0.3 is 20.3 Å². The van der Waals surface area contributed by atoms with Crippen molar-refractivity contribution in [2.45, 2.75) is 52.6 Å². The summed E-state index contributed by atoms with van der Waals surface area (Å²) < 4.78 is 13.6. The lowest BCUT2D eigenvalue weighted by Gasteiger charge is -2.18. The number of nitrogens with two attached hydrogens (primary N) is 1. The molecule has 1 heterocycles. The van der Waals surface area contributed by atoms with Crippen LogP contribution in [0.15, 0.2) is 53.6 Å². The number of aryl methyl sites for hydroxylation is 1. The van der Waals surface area contributed by atoms with E-state index < -0.39 is 6.10 Å². The van der Waals surface area contributed by atoms with Gasteiger partial charge in [-0.05, 0) is 62.5 Å². The highest BCUT2D eigenvalue weighted by Gasteiger charge is 2.16. The van der Waals surface area contributed by atoms with Gasteiger partial charge in [-0.2, -0.15) is 0 Å². The lowest BCUT2D eigenvalue weighted by molar-refractivity contribution is 0.222. The third kappa shape index (κ3) is 6.40. The molecule has 0 fully saturated rings. The van der Waals surface area contributed by atoms with E-state index in [9.17, 15) is 5.11 Å². The highest BCUT2D eigenvalue weighted by molar-refractivity contribution is 5.81. The molecule has 1 aromatic heterocycles. The molecule has 1 atom stereocenters. The zero-order valence-electron chi connectivity index (χ0n) is 20.6. The highest BCUT2D eigenvalue weighted by atomic mass is 16.5. The summed E-state index contributed by atoms with van der Waals surface area (Å²) in [7, 11) is 1.83. The van der Waals surface area contributed by atoms with Crippen LogP contribution in [0.3, 0.4) is 0 Å². The Hall–Kier alpha value is -3.27. The summed E-state index contributed by atoms with van der Waals surface area (Å²) >= 11 is 0. The van der Waals surface area contributed by atoms with Crippen molar-refractivity contribution in [1.82, 2.24) is 9.78 Å². The van der Waals surface area contributed by atoms with Crippen LogP contribution in [-0.4, -0.2) is 34.1 Å². The van der Waals surface area contributed by atoms with Gasteiger partial charge in [0.25, 0.3) is 0 Å². The van der Waals surface area contributed by atoms with Gasteiger partial charge in [-0.25, -0.2) is 4.68 Å². The number of aromatic nitrogens is 2. The van der Waals surface area contributed by atoms with Crippen molar-refractivity contribution < 1.29 is 14.6 Å². The van der Waals surface area contributed by atoms with Gasteiger partial charge in [0.15, 0.2) is 0 Å². The Bertz CT molecular complexity index is 1150. The van der Waals surface area contributed by atoms with Crippen molar-refractivity contribution in [2.24, 2.45) is 12.8 Å². The molecule has 6 heteroatoms. The molecular weight excluding hydrogens is 426 g/mol. The van der Waals surface area contributed by atoms with Crippen LogP contribution in [0, 0.1) is 11.8 Å². The van der Waals surface area contributed by atoms with Crippen molar-refractivity contribution >= 4 is 5.57 Å². The minimum Gasteiger partial charge on any atom is -0.477 e. The number of hydrogen-bond donors (Lipinski definition) is 2. The van der Waals surface area contributed by atoms with Crippen molar-refractivity contribution in [3.8, 4) is 29.4 Å². The van der Waals surface area contributed by atoms with E-state index >= 15 is 0 Å². The first-order valence-corrected chi connectivity index (χ1v) is 11.9. The fourth-order valence-electron chi connectivity index (χ4n) is 3.73. The summed E-state index contributed by atoms with van der Waals surface area (Å²) in [5, 5.41) is 14.6. The van der Waals surface area contributed by atoms with Crippen LogP contribution in [0.2, 0.25) is 0 Å². The van der Waals surface area contributed by atoms with E-state index in [1.807, 2.05) is 38.3 Å². The molecule has 0 amide bonds. The quantitative estimate of drug-likeness (QED) is 0.533. The lowest BCUT2D eigenvalue weighted by Crippen LogP contribution is -2.21. The predicted molar refractivity (Wildman–Crippen MR) is 137 cm³/mol. The average molecular weight is 462 g/mol. The molecular formula is C28H35N3O3. The van der Waals surface area contributed by atoms with Gasteiger partial charge in [-0.3, -0.25) is 0 Å². The van der Waals surface area contributed by atoms with Crippen molar-refractivity contribution in [2.75, 3.05) is 13.2 Å². The number of hydrogen-bond acceptors (Lipinski definition) is 5. The predicted octanol–water partition coefficient (Wildman–Crippen LogP) is 5.13. The fraction of sp³-hybridized carbons (Fsp3) is 0.393. The number of allylic oxidation sites excluding steroid dienone is 4. The average Bonchev–Trinajstić information content (AvgIpc) is 3.16. The fourth-order valence-corrected chi connectivity index (χ4v) is 3.73. The molecule has 0 bridgehead atoms. The van der Waals surface area contributed by atoms with Gasteiger partial charge in [-0.1, -0.05) is 42.6 Å². The van der Waals surface area contributed by atoms with Gasteiger partial charge in [0.05, 0.1) is 18.8 Å². The molecule has 3 rings (SSSR count). The number of nitrogens with zero attached hydrogens (tertiary/aromatic N) is 2. The topological polar surface area (TPSA) is 82.5 Å². The Labute approximate surface area is 202 Å². The van der Waals surface area contributed by atoms with Gasteiger partial charge in [0.2, 0.25) is 11.8 Å². The van der Waals surface area contributed by atoms with Crippen LogP contribution in [0.25, 0.3) is 5.57 Å². The number of unbranched alkanes of at least 4 members (excludes halogenated alkanes) is 1. The summed E-state index contributed by atoms with van der Waals surface area (Å²) in [5.74, 6) is 8.24. The first-order valence-electron chi connectivity index (χ1n) is 11.9. The molecule has 180 valence electrons. The molecule has 0 saturated heterocycles. The zero-order chi connectivity index (χ0) is 24.5. The molecule has 1 aliphatic rings. The van der Waals surface area contributed by atoms with E-state index in [0.717, 1.165) is 48.0 Å². The van der Waals surface area contributed by atoms with Gasteiger partial charge in [0, 0.05) is 31.1 Å². The second-order valence-corrected chi connectivity index (χ2v) is 8.26. The number of benzene rings is 1. The largest absolute Gasteiger partial charge is 0.477 e. The van der Waals surface area contributed by atoms with E-state index in [4.69, 9.17) is 15.2 Å². The highest BCUT2D eigenvalue weighted by Crippen LogP contribution is 2.36. The zero-order valence-corrected chi connectivity index (χ0v) is 20.6. The van der Waals surface area contributed by atoms with E-state index in [1.165, 1.54) is 5.57 Å². The monoisotopic (exact) mass is 461 g/mol. The Kier molecular flexibility index (Phi) is 9.15. The second-order valence-electron chi connectivity index (χ2n) is 8.26. The Morgan fingerprint density at radius 1 is 1.24 bits per heavy atom. The SMILES string of the molecule is CCCC#Cc1ccc(C2=C(/C)CC/C=C(C(O)CN)/C=C\2)c(Oc2cc(OCC)nn2C)c1. The maximum absolute atomic E-state index is 10.3. The second kappa shape index (κ2) is 12.3. The molecule has 0 saturated carbocycles. The molecule has 6 nitrogen and oxygen atoms in total. The molecule has 2 aromatic rings. The first-order chi connectivity index (χ1) is 16.5. The Morgan fingerprint density at radius 3 is 2.79 bits per heavy atom. The summed E-state index contributed by atoms with van der Waals surface area (Å²) in [6.45, 7) is 6.90. The van der Waals surface area contributed by atoms with Crippen LogP contribution in [0.5, 0.6) is 17.5 Å². The van der Waals surface area contributed by atoms with Gasteiger partial charge in [0.1, 0.15) is 5.75 Å². The minimum atomic E-state index is -0.672. The number of rotatable bonds is 8. The van der Waals surface area contributed by atoms with E-state index in [-0.39, 0.29) is 6.54 Å². The van der Waals surface area contributed by atoms with Crippen LogP contribution in [-0.2, 0) is 7.05 Å². The molecule has 1 unspecified atom stereocenters. The lowest BCUT2D eigenvalue weighted by atomic mass is 9.92. The Balaban J connectivity index is 2.06. The van der Waals surface area contributed by atoms with Crippen molar-refractivity contribution in [1.29, 1.82) is 0 Å². The summed E-state index contributed by atoms with van der Waals surface area (Å²) in [5.41, 5.74) is 10.7. The van der Waals surface area contributed by atoms with Crippen LogP contribution < -0.4 is 15.2 Å². The van der Waals surface area contributed by atoms with E-state index in [2.05, 4.69) is 42.9 Å². The van der Waals surface area contributed by atoms with E-state index in [0.29, 0.717) is 24.1 Å². The Morgan fingerprint density at radius 2 is 2.06 bits per heavy atom. The minimum absolute atomic E-state index is 0.191. The molecule has 3 N–H and O–H groups in total. The van der Waals surface area contributed by atoms with Crippen molar-refractivity contribution in [3.05, 3.63) is 64.8 Å². The molecule has 0 radical (unpaired) electrons. The van der Waals surface area contributed by atoms with Crippen molar-refractivity contribution in [3.63, 3.8) is 0 Å². The number of aliphatic hydroxyl groups excluding tert-OH is 1. The number of aliphatic hydroxyl groups is 1. The third-order valence-electron chi connectivity index (χ3n) is 5.61. The maximum Gasteiger partial charge on any atom is 0.236 e. The van der Waals surface area contributed by atoms with Gasteiger partial charge in [-0.15, -0.1) is 5.10 Å². The molecule has 1 aromatic carbocycles. The van der Waals surface area contributed by atoms with Gasteiger partial charge >= 0.3 is 0 Å². The van der Waals surface area contributed by atoms with Crippen LogP contribution in [0.4, 0.5) is 0 Å². The molecule has 0 aliphatic heterocycles. The number of ether oxygens (including phenoxy) is 2. The third-order valence-corrected chi connectivity index (χ3v) is 5.61. The van der Waals surface area contributed by atoms with E-state index in [1.54, 1.807) is 10.7 Å². The molecule has 34 heavy (non-hydrogen) atoms.